The first-order chi connectivity index (χ1) is 9.10. The molecule has 2 aromatic heterocycles. The molecule has 0 aliphatic heterocycles. The molecule has 3 aromatic rings. The summed E-state index contributed by atoms with van der Waals surface area (Å²) >= 11 is 0. The van der Waals surface area contributed by atoms with Crippen molar-refractivity contribution in [2.45, 2.75) is 13.5 Å². The van der Waals surface area contributed by atoms with Crippen molar-refractivity contribution in [1.29, 1.82) is 0 Å². The van der Waals surface area contributed by atoms with Crippen LogP contribution >= 0.6 is 0 Å². The molecule has 2 heterocycles. The number of aryl methyl sites for hydroxylation is 1. The van der Waals surface area contributed by atoms with Gasteiger partial charge < -0.3 is 10.2 Å². The zero-order valence-electron chi connectivity index (χ0n) is 10.7. The number of nitrogens with two attached hydrogens (primary N) is 1. The third kappa shape index (κ3) is 1.77. The number of rotatable bonds is 2. The second-order valence-corrected chi connectivity index (χ2v) is 4.46. The molecule has 0 aliphatic carbocycles. The van der Waals surface area contributed by atoms with Crippen LogP contribution in [0.3, 0.4) is 0 Å². The minimum absolute atomic E-state index is 0.372. The third-order valence-corrected chi connectivity index (χ3v) is 3.31. The molecule has 19 heavy (non-hydrogen) atoms. The number of H-pyrrole nitrogens is 1. The summed E-state index contributed by atoms with van der Waals surface area (Å²) < 4.78 is 6.80. The van der Waals surface area contributed by atoms with E-state index >= 15 is 0 Å². The molecule has 0 spiro atoms. The van der Waals surface area contributed by atoms with Crippen LogP contribution in [-0.4, -0.2) is 14.8 Å². The van der Waals surface area contributed by atoms with Crippen LogP contribution in [0.4, 0.5) is 0 Å². The molecular formula is C13H14N4O2. The number of aromatic nitrogens is 3. The number of fused-ring (bicyclic) bond motifs is 1. The summed E-state index contributed by atoms with van der Waals surface area (Å²) in [6.07, 6.45) is 0. The van der Waals surface area contributed by atoms with E-state index in [0.29, 0.717) is 17.6 Å². The summed E-state index contributed by atoms with van der Waals surface area (Å²) in [7, 11) is 1.89. The van der Waals surface area contributed by atoms with E-state index in [1.165, 1.54) is 0 Å². The first kappa shape index (κ1) is 11.7. The van der Waals surface area contributed by atoms with Crippen LogP contribution < -0.4 is 11.5 Å². The van der Waals surface area contributed by atoms with Crippen molar-refractivity contribution in [3.05, 3.63) is 40.1 Å². The molecule has 0 radical (unpaired) electrons. The predicted octanol–water partition coefficient (Wildman–Crippen LogP) is 1.29. The van der Waals surface area contributed by atoms with Crippen LogP contribution in [0.15, 0.2) is 27.4 Å². The zero-order chi connectivity index (χ0) is 13.6. The van der Waals surface area contributed by atoms with Gasteiger partial charge in [-0.15, -0.1) is 0 Å². The smallest absolute Gasteiger partial charge is 0.408 e. The van der Waals surface area contributed by atoms with Crippen LogP contribution in [0.1, 0.15) is 11.4 Å². The van der Waals surface area contributed by atoms with Gasteiger partial charge in [0, 0.05) is 24.8 Å². The molecule has 0 bridgehead atoms. The largest absolute Gasteiger partial charge is 0.417 e. The number of hydrogen-bond acceptors (Lipinski definition) is 4. The Morgan fingerprint density at radius 1 is 1.47 bits per heavy atom. The molecule has 6 heteroatoms. The molecule has 6 nitrogen and oxygen atoms in total. The highest BCUT2D eigenvalue weighted by molar-refractivity contribution is 5.81. The molecule has 1 aromatic carbocycles. The van der Waals surface area contributed by atoms with Crippen LogP contribution in [0.2, 0.25) is 0 Å². The highest BCUT2D eigenvalue weighted by atomic mass is 16.4. The van der Waals surface area contributed by atoms with Gasteiger partial charge in [0.2, 0.25) is 0 Å². The highest BCUT2D eigenvalue weighted by Gasteiger charge is 2.14. The highest BCUT2D eigenvalue weighted by Crippen LogP contribution is 2.28. The standard InChI is InChI=1S/C13H14N4O2/c1-7-12(10(6-14)16-17(7)2)8-3-4-11-9(5-8)15-13(18)19-11/h3-5H,6,14H2,1-2H3,(H,15,18). The molecule has 0 atom stereocenters. The monoisotopic (exact) mass is 258 g/mol. The summed E-state index contributed by atoms with van der Waals surface area (Å²) in [5.41, 5.74) is 10.8. The Labute approximate surface area is 108 Å². The van der Waals surface area contributed by atoms with Gasteiger partial charge in [0.1, 0.15) is 0 Å². The average Bonchev–Trinajstić information content (AvgIpc) is 2.88. The summed E-state index contributed by atoms with van der Waals surface area (Å²) in [6.45, 7) is 2.36. The number of oxazole rings is 1. The first-order valence-corrected chi connectivity index (χ1v) is 5.96. The van der Waals surface area contributed by atoms with E-state index in [0.717, 1.165) is 22.5 Å². The molecule has 0 aliphatic rings. The van der Waals surface area contributed by atoms with E-state index in [2.05, 4.69) is 10.1 Å². The lowest BCUT2D eigenvalue weighted by Gasteiger charge is -2.03. The SMILES string of the molecule is Cc1c(-c2ccc3oc(=O)[nH]c3c2)c(CN)nn1C. The van der Waals surface area contributed by atoms with Gasteiger partial charge in [0.15, 0.2) is 5.58 Å². The van der Waals surface area contributed by atoms with Crippen LogP contribution in [0, 0.1) is 6.92 Å². The fourth-order valence-electron chi connectivity index (χ4n) is 2.30. The maximum Gasteiger partial charge on any atom is 0.417 e. The second-order valence-electron chi connectivity index (χ2n) is 4.46. The topological polar surface area (TPSA) is 89.8 Å². The summed E-state index contributed by atoms with van der Waals surface area (Å²) in [5.74, 6) is -0.450. The van der Waals surface area contributed by atoms with Gasteiger partial charge in [-0.1, -0.05) is 6.07 Å². The molecular weight excluding hydrogens is 244 g/mol. The Morgan fingerprint density at radius 2 is 2.26 bits per heavy atom. The lowest BCUT2D eigenvalue weighted by atomic mass is 10.0. The summed E-state index contributed by atoms with van der Waals surface area (Å²) in [5, 5.41) is 4.39. The van der Waals surface area contributed by atoms with Crippen molar-refractivity contribution >= 4 is 11.1 Å². The number of hydrogen-bond donors (Lipinski definition) is 2. The molecule has 98 valence electrons. The Hall–Kier alpha value is -2.34. The number of nitrogens with zero attached hydrogens (tertiary/aromatic N) is 2. The maximum absolute atomic E-state index is 11.2. The van der Waals surface area contributed by atoms with Crippen LogP contribution in [0.5, 0.6) is 0 Å². The van der Waals surface area contributed by atoms with Crippen LogP contribution in [-0.2, 0) is 13.6 Å². The van der Waals surface area contributed by atoms with Crippen molar-refractivity contribution in [1.82, 2.24) is 14.8 Å². The van der Waals surface area contributed by atoms with Gasteiger partial charge in [0.25, 0.3) is 0 Å². The van der Waals surface area contributed by atoms with Crippen molar-refractivity contribution in [3.8, 4) is 11.1 Å². The molecule has 0 fully saturated rings. The average molecular weight is 258 g/mol. The quantitative estimate of drug-likeness (QED) is 0.724. The van der Waals surface area contributed by atoms with Crippen molar-refractivity contribution < 1.29 is 4.42 Å². The Morgan fingerprint density at radius 3 is 3.00 bits per heavy atom. The van der Waals surface area contributed by atoms with E-state index in [-0.39, 0.29) is 0 Å². The van der Waals surface area contributed by atoms with Gasteiger partial charge in [-0.3, -0.25) is 9.67 Å². The zero-order valence-corrected chi connectivity index (χ0v) is 10.7. The first-order valence-electron chi connectivity index (χ1n) is 5.96. The fourth-order valence-corrected chi connectivity index (χ4v) is 2.30. The number of nitrogens with one attached hydrogen (secondary N) is 1. The minimum atomic E-state index is -0.450. The Balaban J connectivity index is 2.26. The molecule has 3 rings (SSSR count). The maximum atomic E-state index is 11.2. The normalized spacial score (nSPS) is 11.3. The molecule has 0 amide bonds. The van der Waals surface area contributed by atoms with E-state index in [1.54, 1.807) is 10.7 Å². The van der Waals surface area contributed by atoms with Gasteiger partial charge in [-0.2, -0.15) is 5.10 Å². The second kappa shape index (κ2) is 4.10. The van der Waals surface area contributed by atoms with Crippen molar-refractivity contribution in [3.63, 3.8) is 0 Å². The number of benzene rings is 1. The van der Waals surface area contributed by atoms with Gasteiger partial charge in [0.05, 0.1) is 11.2 Å². The van der Waals surface area contributed by atoms with E-state index in [9.17, 15) is 4.79 Å². The molecule has 3 N–H and O–H groups in total. The van der Waals surface area contributed by atoms with Crippen LogP contribution in [0.25, 0.3) is 22.2 Å². The lowest BCUT2D eigenvalue weighted by molar-refractivity contribution is 0.555. The molecule has 0 unspecified atom stereocenters. The Bertz CT molecular complexity index is 810. The van der Waals surface area contributed by atoms with E-state index < -0.39 is 5.76 Å². The molecule has 0 saturated heterocycles. The predicted molar refractivity (Wildman–Crippen MR) is 71.7 cm³/mol. The van der Waals surface area contributed by atoms with Gasteiger partial charge in [-0.25, -0.2) is 4.79 Å². The molecule has 0 saturated carbocycles. The van der Waals surface area contributed by atoms with Crippen molar-refractivity contribution in [2.75, 3.05) is 0 Å². The van der Waals surface area contributed by atoms with Crippen molar-refractivity contribution in [2.24, 2.45) is 12.8 Å². The van der Waals surface area contributed by atoms with Gasteiger partial charge >= 0.3 is 5.76 Å². The number of aromatic amines is 1. The van der Waals surface area contributed by atoms with Gasteiger partial charge in [-0.05, 0) is 24.6 Å². The minimum Gasteiger partial charge on any atom is -0.408 e. The summed E-state index contributed by atoms with van der Waals surface area (Å²) in [6, 6.07) is 5.56. The Kier molecular flexibility index (Phi) is 2.53. The fraction of sp³-hybridized carbons (Fsp3) is 0.231. The third-order valence-electron chi connectivity index (χ3n) is 3.31. The van der Waals surface area contributed by atoms with E-state index in [4.69, 9.17) is 10.2 Å². The lowest BCUT2D eigenvalue weighted by Crippen LogP contribution is -1.99. The summed E-state index contributed by atoms with van der Waals surface area (Å²) in [4.78, 5) is 13.8. The van der Waals surface area contributed by atoms with E-state index in [1.807, 2.05) is 26.1 Å².